The van der Waals surface area contributed by atoms with Crippen molar-refractivity contribution in [3.63, 3.8) is 0 Å². The zero-order valence-corrected chi connectivity index (χ0v) is 22.6. The molecule has 196 valence electrons. The molecule has 0 aliphatic heterocycles. The van der Waals surface area contributed by atoms with Crippen LogP contribution >= 0.6 is 23.2 Å². The molecule has 6 nitrogen and oxygen atoms in total. The molecular formula is C29H32Cl2N2O4. The first kappa shape index (κ1) is 28.4. The minimum absolute atomic E-state index is 0.156. The van der Waals surface area contributed by atoms with E-state index in [-0.39, 0.29) is 24.8 Å². The maximum Gasteiger partial charge on any atom is 0.243 e. The Bertz CT molecular complexity index is 1160. The van der Waals surface area contributed by atoms with Crippen molar-refractivity contribution in [3.05, 3.63) is 94.0 Å². The molecule has 1 atom stereocenters. The number of ether oxygens (including phenoxy) is 2. The van der Waals surface area contributed by atoms with Crippen LogP contribution in [-0.4, -0.2) is 43.0 Å². The molecule has 8 heteroatoms. The van der Waals surface area contributed by atoms with Crippen LogP contribution < -0.4 is 14.8 Å². The first-order valence-corrected chi connectivity index (χ1v) is 13.0. The third-order valence-corrected chi connectivity index (χ3v) is 6.43. The van der Waals surface area contributed by atoms with Crippen LogP contribution in [-0.2, 0) is 22.6 Å². The molecule has 0 radical (unpaired) electrons. The van der Waals surface area contributed by atoms with E-state index >= 15 is 0 Å². The summed E-state index contributed by atoms with van der Waals surface area (Å²) in [4.78, 5) is 28.4. The molecule has 0 aromatic heterocycles. The zero-order valence-electron chi connectivity index (χ0n) is 21.1. The van der Waals surface area contributed by atoms with Gasteiger partial charge in [-0.25, -0.2) is 0 Å². The van der Waals surface area contributed by atoms with Crippen LogP contribution in [0.4, 0.5) is 0 Å². The van der Waals surface area contributed by atoms with Crippen molar-refractivity contribution in [2.75, 3.05) is 20.3 Å². The number of benzene rings is 3. The van der Waals surface area contributed by atoms with Crippen LogP contribution in [0.2, 0.25) is 10.0 Å². The Balaban J connectivity index is 1.77. The summed E-state index contributed by atoms with van der Waals surface area (Å²) in [5.41, 5.74) is 1.68. The van der Waals surface area contributed by atoms with Gasteiger partial charge in [-0.05, 0) is 60.9 Å². The maximum absolute atomic E-state index is 13.6. The average molecular weight is 543 g/mol. The van der Waals surface area contributed by atoms with Gasteiger partial charge in [-0.15, -0.1) is 0 Å². The lowest BCUT2D eigenvalue weighted by Crippen LogP contribution is -2.50. The largest absolute Gasteiger partial charge is 0.497 e. The van der Waals surface area contributed by atoms with Gasteiger partial charge in [0.05, 0.1) is 13.7 Å². The Labute approximate surface area is 228 Å². The van der Waals surface area contributed by atoms with Crippen LogP contribution in [0.25, 0.3) is 0 Å². The van der Waals surface area contributed by atoms with Crippen molar-refractivity contribution < 1.29 is 19.1 Å². The molecule has 0 saturated carbocycles. The second-order valence-electron chi connectivity index (χ2n) is 8.49. The van der Waals surface area contributed by atoms with Crippen molar-refractivity contribution >= 4 is 35.0 Å². The zero-order chi connectivity index (χ0) is 26.6. The minimum Gasteiger partial charge on any atom is -0.497 e. The molecule has 0 saturated heterocycles. The summed E-state index contributed by atoms with van der Waals surface area (Å²) in [6, 6.07) is 21.4. The Hall–Kier alpha value is -3.22. The molecule has 3 rings (SSSR count). The lowest BCUT2D eigenvalue weighted by atomic mass is 10.0. The third-order valence-electron chi connectivity index (χ3n) is 5.84. The molecule has 2 amide bonds. The van der Waals surface area contributed by atoms with E-state index in [4.69, 9.17) is 32.7 Å². The van der Waals surface area contributed by atoms with Crippen molar-refractivity contribution in [2.24, 2.45) is 0 Å². The summed E-state index contributed by atoms with van der Waals surface area (Å²) in [5.74, 6) is 1.08. The molecule has 1 N–H and O–H groups in total. The first-order valence-electron chi connectivity index (χ1n) is 12.2. The van der Waals surface area contributed by atoms with E-state index in [1.54, 1.807) is 30.2 Å². The fraction of sp³-hybridized carbons (Fsp3) is 0.310. The fourth-order valence-corrected chi connectivity index (χ4v) is 4.38. The fourth-order valence-electron chi connectivity index (χ4n) is 3.91. The number of rotatable bonds is 13. The van der Waals surface area contributed by atoms with Crippen LogP contribution in [0.1, 0.15) is 30.9 Å². The highest BCUT2D eigenvalue weighted by atomic mass is 35.5. The molecule has 0 heterocycles. The summed E-state index contributed by atoms with van der Waals surface area (Å²) in [6.45, 7) is 2.86. The van der Waals surface area contributed by atoms with Crippen LogP contribution in [0.5, 0.6) is 11.5 Å². The summed E-state index contributed by atoms with van der Waals surface area (Å²) in [6.07, 6.45) is 1.08. The standard InChI is InChI=1S/C29H32Cl2N2O4/c1-3-32-29(35)27(18-21-8-5-4-6-9-21)33(20-22-11-12-23(30)19-26(22)31)28(34)10-7-17-37-25-15-13-24(36-2)14-16-25/h4-6,8-9,11-16,19,27H,3,7,10,17-18,20H2,1-2H3,(H,32,35)/t27-/m0/s1. The number of carbonyl (C=O) groups excluding carboxylic acids is 2. The number of hydrogen-bond acceptors (Lipinski definition) is 4. The predicted molar refractivity (Wildman–Crippen MR) is 147 cm³/mol. The van der Waals surface area contributed by atoms with Gasteiger partial charge in [0, 0.05) is 36.0 Å². The quantitative estimate of drug-likeness (QED) is 0.271. The Morgan fingerprint density at radius 3 is 2.32 bits per heavy atom. The smallest absolute Gasteiger partial charge is 0.243 e. The summed E-state index contributed by atoms with van der Waals surface area (Å²) >= 11 is 12.5. The number of halogens is 2. The lowest BCUT2D eigenvalue weighted by molar-refractivity contribution is -0.141. The van der Waals surface area contributed by atoms with Gasteiger partial charge in [0.25, 0.3) is 0 Å². The highest BCUT2D eigenvalue weighted by Crippen LogP contribution is 2.25. The molecule has 3 aromatic rings. The number of likely N-dealkylation sites (N-methyl/N-ethyl adjacent to an activating group) is 1. The highest BCUT2D eigenvalue weighted by molar-refractivity contribution is 6.35. The van der Waals surface area contributed by atoms with E-state index in [1.807, 2.05) is 61.5 Å². The normalized spacial score (nSPS) is 11.5. The Morgan fingerprint density at radius 1 is 0.973 bits per heavy atom. The maximum atomic E-state index is 13.6. The first-order chi connectivity index (χ1) is 17.9. The number of nitrogens with one attached hydrogen (secondary N) is 1. The molecule has 37 heavy (non-hydrogen) atoms. The molecule has 0 unspecified atom stereocenters. The molecule has 0 fully saturated rings. The van der Waals surface area contributed by atoms with Gasteiger partial charge >= 0.3 is 0 Å². The molecular weight excluding hydrogens is 511 g/mol. The van der Waals surface area contributed by atoms with Crippen LogP contribution in [0.15, 0.2) is 72.8 Å². The number of hydrogen-bond donors (Lipinski definition) is 1. The van der Waals surface area contributed by atoms with Gasteiger partial charge in [-0.2, -0.15) is 0 Å². The van der Waals surface area contributed by atoms with Gasteiger partial charge in [0.2, 0.25) is 11.8 Å². The van der Waals surface area contributed by atoms with E-state index in [0.717, 1.165) is 16.9 Å². The predicted octanol–water partition coefficient (Wildman–Crippen LogP) is 5.94. The molecule has 0 aliphatic rings. The van der Waals surface area contributed by atoms with E-state index in [1.165, 1.54) is 0 Å². The number of nitrogens with zero attached hydrogens (tertiary/aromatic N) is 1. The van der Waals surface area contributed by atoms with Gasteiger partial charge in [0.15, 0.2) is 0 Å². The topological polar surface area (TPSA) is 67.9 Å². The number of methoxy groups -OCH3 is 1. The van der Waals surface area contributed by atoms with Gasteiger partial charge in [-0.1, -0.05) is 59.6 Å². The van der Waals surface area contributed by atoms with Crippen LogP contribution in [0.3, 0.4) is 0 Å². The summed E-state index contributed by atoms with van der Waals surface area (Å²) < 4.78 is 10.9. The molecule has 3 aromatic carbocycles. The number of carbonyl (C=O) groups is 2. The van der Waals surface area contributed by atoms with Crippen molar-refractivity contribution in [1.82, 2.24) is 10.2 Å². The second kappa shape index (κ2) is 14.5. The highest BCUT2D eigenvalue weighted by Gasteiger charge is 2.30. The van der Waals surface area contributed by atoms with Crippen LogP contribution in [0, 0.1) is 0 Å². The monoisotopic (exact) mass is 542 g/mol. The van der Waals surface area contributed by atoms with Crippen molar-refractivity contribution in [3.8, 4) is 11.5 Å². The van der Waals surface area contributed by atoms with E-state index in [0.29, 0.717) is 41.8 Å². The lowest BCUT2D eigenvalue weighted by Gasteiger charge is -2.32. The second-order valence-corrected chi connectivity index (χ2v) is 9.33. The Kier molecular flexibility index (Phi) is 11.1. The van der Waals surface area contributed by atoms with Crippen molar-refractivity contribution in [1.29, 1.82) is 0 Å². The van der Waals surface area contributed by atoms with Gasteiger partial charge in [-0.3, -0.25) is 9.59 Å². The van der Waals surface area contributed by atoms with E-state index in [9.17, 15) is 9.59 Å². The molecule has 0 spiro atoms. The summed E-state index contributed by atoms with van der Waals surface area (Å²) in [7, 11) is 1.61. The SMILES string of the molecule is CCNC(=O)[C@H](Cc1ccccc1)N(Cc1ccc(Cl)cc1Cl)C(=O)CCCOc1ccc(OC)cc1. The van der Waals surface area contributed by atoms with E-state index in [2.05, 4.69) is 5.32 Å². The molecule has 0 aliphatic carbocycles. The van der Waals surface area contributed by atoms with Gasteiger partial charge in [0.1, 0.15) is 17.5 Å². The average Bonchev–Trinajstić information content (AvgIpc) is 2.90. The molecule has 0 bridgehead atoms. The van der Waals surface area contributed by atoms with Crippen molar-refractivity contribution in [2.45, 2.75) is 38.8 Å². The van der Waals surface area contributed by atoms with Gasteiger partial charge < -0.3 is 19.7 Å². The Morgan fingerprint density at radius 2 is 1.68 bits per heavy atom. The minimum atomic E-state index is -0.705. The number of amides is 2. The summed E-state index contributed by atoms with van der Waals surface area (Å²) in [5, 5.41) is 3.84. The van der Waals surface area contributed by atoms with E-state index < -0.39 is 6.04 Å². The third kappa shape index (κ3) is 8.69.